The van der Waals surface area contributed by atoms with Gasteiger partial charge in [-0.05, 0) is 23.6 Å². The first kappa shape index (κ1) is 12.0. The third kappa shape index (κ3) is 2.26. The molecule has 0 aliphatic carbocycles. The largest absolute Gasteiger partial charge is 0.417 e. The number of hydrogen-bond donors (Lipinski definition) is 1. The maximum atomic E-state index is 12.0. The molecule has 2 aromatic heterocycles. The number of amides is 1. The average Bonchev–Trinajstić information content (AvgIpc) is 2.48. The molecule has 0 saturated carbocycles. The Bertz CT molecular complexity index is 828. The minimum absolute atomic E-state index is 0.0823. The zero-order valence-corrected chi connectivity index (χ0v) is 10.2. The summed E-state index contributed by atoms with van der Waals surface area (Å²) in [5.74, 6) is -0.506. The predicted molar refractivity (Wildman–Crippen MR) is 72.5 cm³/mol. The molecule has 0 aliphatic heterocycles. The first-order valence-electron chi connectivity index (χ1n) is 5.85. The molecule has 0 spiro atoms. The minimum Gasteiger partial charge on any atom is -0.417 e. The molecule has 1 amide bonds. The Kier molecular flexibility index (Phi) is 2.96. The lowest BCUT2D eigenvalue weighted by Crippen LogP contribution is -2.16. The highest BCUT2D eigenvalue weighted by atomic mass is 16.4. The van der Waals surface area contributed by atoms with Gasteiger partial charge in [0.15, 0.2) is 5.76 Å². The lowest BCUT2D eigenvalue weighted by atomic mass is 10.1. The topological polar surface area (TPSA) is 85.1 Å². The first-order valence-corrected chi connectivity index (χ1v) is 5.85. The number of fused-ring (bicyclic) bond motifs is 1. The van der Waals surface area contributed by atoms with E-state index >= 15 is 0 Å². The number of nitrogens with zero attached hydrogens (tertiary/aromatic N) is 2. The van der Waals surface area contributed by atoms with E-state index in [2.05, 4.69) is 15.3 Å². The lowest BCUT2D eigenvalue weighted by molar-refractivity contribution is 0.0992. The van der Waals surface area contributed by atoms with E-state index in [0.717, 1.165) is 0 Å². The third-order valence-electron chi connectivity index (χ3n) is 2.68. The van der Waals surface area contributed by atoms with Gasteiger partial charge in [-0.3, -0.25) is 10.1 Å². The van der Waals surface area contributed by atoms with Gasteiger partial charge in [-0.2, -0.15) is 0 Å². The second-order valence-electron chi connectivity index (χ2n) is 4.01. The van der Waals surface area contributed by atoms with E-state index in [1.165, 1.54) is 18.5 Å². The van der Waals surface area contributed by atoms with Crippen molar-refractivity contribution < 1.29 is 9.21 Å². The summed E-state index contributed by atoms with van der Waals surface area (Å²) in [5, 5.41) is 3.53. The fourth-order valence-electron chi connectivity index (χ4n) is 1.77. The van der Waals surface area contributed by atoms with Gasteiger partial charge < -0.3 is 4.42 Å². The highest BCUT2D eigenvalue weighted by Crippen LogP contribution is 2.12. The molecule has 3 rings (SSSR count). The molecule has 0 unspecified atom stereocenters. The van der Waals surface area contributed by atoms with Crippen LogP contribution in [-0.4, -0.2) is 15.9 Å². The number of rotatable bonds is 2. The molecule has 0 fully saturated rings. The van der Waals surface area contributed by atoms with Crippen molar-refractivity contribution in [3.8, 4) is 0 Å². The van der Waals surface area contributed by atoms with Gasteiger partial charge in [-0.15, -0.1) is 0 Å². The smallest absolute Gasteiger partial charge is 0.344 e. The summed E-state index contributed by atoms with van der Waals surface area (Å²) in [6.07, 6.45) is 3.00. The number of anilines is 1. The standard InChI is InChI=1S/C14H9N3O3/c18-12(17-14-15-6-3-7-16-14)11-8-9-4-1-2-5-10(9)13(19)20-11/h1-8H,(H,15,16,17,18). The number of nitrogens with one attached hydrogen (secondary N) is 1. The summed E-state index contributed by atoms with van der Waals surface area (Å²) in [6, 6.07) is 10.0. The molecular weight excluding hydrogens is 258 g/mol. The molecule has 6 heteroatoms. The van der Waals surface area contributed by atoms with Crippen LogP contribution >= 0.6 is 0 Å². The molecule has 20 heavy (non-hydrogen) atoms. The van der Waals surface area contributed by atoms with Gasteiger partial charge in [-0.25, -0.2) is 14.8 Å². The third-order valence-corrected chi connectivity index (χ3v) is 2.68. The lowest BCUT2D eigenvalue weighted by Gasteiger charge is -2.03. The fourth-order valence-corrected chi connectivity index (χ4v) is 1.77. The average molecular weight is 267 g/mol. The van der Waals surface area contributed by atoms with Crippen LogP contribution in [-0.2, 0) is 0 Å². The Morgan fingerprint density at radius 3 is 2.65 bits per heavy atom. The zero-order valence-electron chi connectivity index (χ0n) is 10.2. The van der Waals surface area contributed by atoms with E-state index in [9.17, 15) is 9.59 Å². The quantitative estimate of drug-likeness (QED) is 0.765. The van der Waals surface area contributed by atoms with Gasteiger partial charge in [0.2, 0.25) is 5.95 Å². The number of aromatic nitrogens is 2. The van der Waals surface area contributed by atoms with Crippen molar-refractivity contribution in [1.82, 2.24) is 9.97 Å². The van der Waals surface area contributed by atoms with Crippen LogP contribution in [0.25, 0.3) is 10.8 Å². The molecule has 2 heterocycles. The molecular formula is C14H9N3O3. The van der Waals surface area contributed by atoms with Crippen LogP contribution in [0.4, 0.5) is 5.95 Å². The van der Waals surface area contributed by atoms with Crippen molar-refractivity contribution >= 4 is 22.6 Å². The van der Waals surface area contributed by atoms with Gasteiger partial charge in [0.05, 0.1) is 5.39 Å². The van der Waals surface area contributed by atoms with Gasteiger partial charge in [0.25, 0.3) is 5.91 Å². The summed E-state index contributed by atoms with van der Waals surface area (Å²) < 4.78 is 5.00. The highest BCUT2D eigenvalue weighted by Gasteiger charge is 2.13. The Morgan fingerprint density at radius 2 is 1.85 bits per heavy atom. The monoisotopic (exact) mass is 267 g/mol. The summed E-state index contributed by atoms with van der Waals surface area (Å²) in [6.45, 7) is 0. The first-order chi connectivity index (χ1) is 9.74. The van der Waals surface area contributed by atoms with Crippen LogP contribution in [0.15, 0.2) is 58.0 Å². The van der Waals surface area contributed by atoms with Crippen LogP contribution in [0.3, 0.4) is 0 Å². The van der Waals surface area contributed by atoms with Crippen molar-refractivity contribution in [3.05, 3.63) is 65.0 Å². The van der Waals surface area contributed by atoms with E-state index in [1.807, 2.05) is 0 Å². The summed E-state index contributed by atoms with van der Waals surface area (Å²) in [4.78, 5) is 31.5. The number of carbonyl (C=O) groups is 1. The maximum Gasteiger partial charge on any atom is 0.344 e. The zero-order chi connectivity index (χ0) is 13.9. The Balaban J connectivity index is 1.98. The van der Waals surface area contributed by atoms with Crippen LogP contribution in [0.5, 0.6) is 0 Å². The van der Waals surface area contributed by atoms with Gasteiger partial charge in [0, 0.05) is 12.4 Å². The van der Waals surface area contributed by atoms with Crippen LogP contribution in [0, 0.1) is 0 Å². The number of hydrogen-bond acceptors (Lipinski definition) is 5. The van der Waals surface area contributed by atoms with Crippen molar-refractivity contribution in [2.75, 3.05) is 5.32 Å². The molecule has 0 radical (unpaired) electrons. The molecule has 6 nitrogen and oxygen atoms in total. The Labute approximate surface area is 113 Å². The molecule has 3 aromatic rings. The van der Waals surface area contributed by atoms with Crippen molar-refractivity contribution in [2.45, 2.75) is 0 Å². The molecule has 1 N–H and O–H groups in total. The summed E-state index contributed by atoms with van der Waals surface area (Å²) >= 11 is 0. The van der Waals surface area contributed by atoms with E-state index in [-0.39, 0.29) is 11.7 Å². The van der Waals surface area contributed by atoms with Gasteiger partial charge in [0.1, 0.15) is 0 Å². The van der Waals surface area contributed by atoms with Crippen LogP contribution < -0.4 is 10.9 Å². The normalized spacial score (nSPS) is 10.4. The van der Waals surface area contributed by atoms with E-state index < -0.39 is 11.5 Å². The van der Waals surface area contributed by atoms with Crippen LogP contribution in [0.2, 0.25) is 0 Å². The van der Waals surface area contributed by atoms with E-state index in [0.29, 0.717) is 10.8 Å². The molecule has 0 bridgehead atoms. The fraction of sp³-hybridized carbons (Fsp3) is 0. The Hall–Kier alpha value is -3.02. The van der Waals surface area contributed by atoms with Crippen molar-refractivity contribution in [2.24, 2.45) is 0 Å². The number of benzene rings is 1. The molecule has 0 saturated heterocycles. The summed E-state index contributed by atoms with van der Waals surface area (Å²) in [5.41, 5.74) is -0.553. The summed E-state index contributed by atoms with van der Waals surface area (Å²) in [7, 11) is 0. The van der Waals surface area contributed by atoms with Gasteiger partial charge >= 0.3 is 5.63 Å². The highest BCUT2D eigenvalue weighted by molar-refractivity contribution is 6.02. The maximum absolute atomic E-state index is 12.0. The minimum atomic E-state index is -0.570. The second kappa shape index (κ2) is 4.93. The SMILES string of the molecule is O=C(Nc1ncccn1)c1cc2ccccc2c(=O)o1. The molecule has 98 valence electrons. The molecule has 0 aliphatic rings. The second-order valence-corrected chi connectivity index (χ2v) is 4.01. The predicted octanol–water partition coefficient (Wildman–Crippen LogP) is 1.84. The molecule has 0 atom stereocenters. The van der Waals surface area contributed by atoms with E-state index in [4.69, 9.17) is 4.42 Å². The van der Waals surface area contributed by atoms with Crippen LogP contribution in [0.1, 0.15) is 10.6 Å². The van der Waals surface area contributed by atoms with Gasteiger partial charge in [-0.1, -0.05) is 18.2 Å². The Morgan fingerprint density at radius 1 is 1.10 bits per heavy atom. The molecule has 1 aromatic carbocycles. The van der Waals surface area contributed by atoms with E-state index in [1.54, 1.807) is 30.3 Å². The van der Waals surface area contributed by atoms with Crippen molar-refractivity contribution in [3.63, 3.8) is 0 Å². The number of carbonyl (C=O) groups excluding carboxylic acids is 1. The van der Waals surface area contributed by atoms with Crippen molar-refractivity contribution in [1.29, 1.82) is 0 Å².